The van der Waals surface area contributed by atoms with Crippen molar-refractivity contribution in [2.75, 3.05) is 31.5 Å². The number of nitriles is 1. The Labute approximate surface area is 217 Å². The Morgan fingerprint density at radius 3 is 2.11 bits per heavy atom. The van der Waals surface area contributed by atoms with Gasteiger partial charge < -0.3 is 19.7 Å². The van der Waals surface area contributed by atoms with Gasteiger partial charge >= 0.3 is 6.18 Å². The number of aromatic nitrogens is 3. The SMILES string of the molecule is COc1ccc(CN(C)c2nc(Nc3ccc(C#N)c(C(F)(F)F)c3)nn2Cc2ccc(OC)cc2)cc1. The van der Waals surface area contributed by atoms with E-state index in [0.29, 0.717) is 24.8 Å². The molecule has 0 unspecified atom stereocenters. The number of rotatable bonds is 9. The Hall–Kier alpha value is -4.72. The van der Waals surface area contributed by atoms with E-state index in [-0.39, 0.29) is 11.6 Å². The van der Waals surface area contributed by atoms with Crippen molar-refractivity contribution < 1.29 is 22.6 Å². The summed E-state index contributed by atoms with van der Waals surface area (Å²) in [5, 5.41) is 16.4. The number of ether oxygens (including phenoxy) is 2. The van der Waals surface area contributed by atoms with Gasteiger partial charge in [0.25, 0.3) is 0 Å². The molecule has 1 heterocycles. The average molecular weight is 523 g/mol. The van der Waals surface area contributed by atoms with Gasteiger partial charge in [-0.1, -0.05) is 24.3 Å². The maximum Gasteiger partial charge on any atom is 0.417 e. The van der Waals surface area contributed by atoms with Gasteiger partial charge in [-0.05, 0) is 53.6 Å². The number of nitrogens with one attached hydrogen (secondary N) is 1. The summed E-state index contributed by atoms with van der Waals surface area (Å²) in [5.41, 5.74) is 0.561. The highest BCUT2D eigenvalue weighted by Gasteiger charge is 2.34. The molecule has 4 rings (SSSR count). The van der Waals surface area contributed by atoms with E-state index in [2.05, 4.69) is 15.4 Å². The molecule has 0 aliphatic rings. The number of hydrogen-bond donors (Lipinski definition) is 1. The first-order valence-corrected chi connectivity index (χ1v) is 11.5. The van der Waals surface area contributed by atoms with E-state index in [1.807, 2.05) is 60.5 Å². The maximum atomic E-state index is 13.4. The van der Waals surface area contributed by atoms with E-state index >= 15 is 0 Å². The lowest BCUT2D eigenvalue weighted by Gasteiger charge is -2.19. The molecular formula is C27H25F3N6O2. The zero-order chi connectivity index (χ0) is 27.3. The van der Waals surface area contributed by atoms with Crippen LogP contribution in [0.25, 0.3) is 0 Å². The van der Waals surface area contributed by atoms with Crippen molar-refractivity contribution in [3.63, 3.8) is 0 Å². The van der Waals surface area contributed by atoms with E-state index < -0.39 is 17.3 Å². The predicted octanol–water partition coefficient (Wildman–Crippen LogP) is 5.61. The molecule has 0 saturated heterocycles. The third kappa shape index (κ3) is 6.15. The van der Waals surface area contributed by atoms with Crippen molar-refractivity contribution in [3.05, 3.63) is 89.0 Å². The number of nitrogens with zero attached hydrogens (tertiary/aromatic N) is 5. The van der Waals surface area contributed by atoms with Crippen LogP contribution in [0.5, 0.6) is 11.5 Å². The minimum Gasteiger partial charge on any atom is -0.497 e. The molecular weight excluding hydrogens is 497 g/mol. The molecule has 3 aromatic carbocycles. The monoisotopic (exact) mass is 522 g/mol. The molecule has 1 aromatic heterocycles. The van der Waals surface area contributed by atoms with E-state index in [1.54, 1.807) is 25.0 Å². The molecule has 0 spiro atoms. The molecule has 8 nitrogen and oxygen atoms in total. The van der Waals surface area contributed by atoms with Crippen molar-refractivity contribution in [1.29, 1.82) is 5.26 Å². The number of benzene rings is 3. The average Bonchev–Trinajstić information content (AvgIpc) is 3.31. The molecule has 196 valence electrons. The van der Waals surface area contributed by atoms with E-state index in [1.165, 1.54) is 6.07 Å². The number of alkyl halides is 3. The molecule has 0 amide bonds. The third-order valence-corrected chi connectivity index (χ3v) is 5.77. The molecule has 0 aliphatic carbocycles. The third-order valence-electron chi connectivity index (χ3n) is 5.77. The van der Waals surface area contributed by atoms with Crippen molar-refractivity contribution in [2.24, 2.45) is 0 Å². The van der Waals surface area contributed by atoms with Gasteiger partial charge in [0.1, 0.15) is 11.5 Å². The standard InChI is InChI=1S/C27H25F3N6O2/c1-35(16-18-4-10-22(37-2)11-5-18)26-33-25(34-36(26)17-19-6-12-23(38-3)13-7-19)32-21-9-8-20(15-31)24(14-21)27(28,29)30/h4-14H,16-17H2,1-3H3,(H,32,34). The van der Waals surface area contributed by atoms with Crippen molar-refractivity contribution in [3.8, 4) is 17.6 Å². The highest BCUT2D eigenvalue weighted by Crippen LogP contribution is 2.34. The predicted molar refractivity (Wildman–Crippen MR) is 137 cm³/mol. The van der Waals surface area contributed by atoms with Crippen LogP contribution in [0.4, 0.5) is 30.8 Å². The lowest BCUT2D eigenvalue weighted by Crippen LogP contribution is -2.21. The molecule has 0 fully saturated rings. The Morgan fingerprint density at radius 1 is 0.947 bits per heavy atom. The number of methoxy groups -OCH3 is 2. The smallest absolute Gasteiger partial charge is 0.417 e. The van der Waals surface area contributed by atoms with Crippen molar-refractivity contribution in [2.45, 2.75) is 19.3 Å². The van der Waals surface area contributed by atoms with Crippen LogP contribution in [-0.2, 0) is 19.3 Å². The van der Waals surface area contributed by atoms with Crippen LogP contribution >= 0.6 is 0 Å². The Balaban J connectivity index is 1.65. The second-order valence-electron chi connectivity index (χ2n) is 8.44. The fourth-order valence-electron chi connectivity index (χ4n) is 3.84. The Kier molecular flexibility index (Phi) is 7.71. The lowest BCUT2D eigenvalue weighted by molar-refractivity contribution is -0.137. The first kappa shape index (κ1) is 26.3. The number of hydrogen-bond acceptors (Lipinski definition) is 7. The van der Waals surface area contributed by atoms with Crippen LogP contribution < -0.4 is 19.7 Å². The van der Waals surface area contributed by atoms with Crippen LogP contribution in [-0.4, -0.2) is 36.0 Å². The lowest BCUT2D eigenvalue weighted by atomic mass is 10.1. The Bertz CT molecular complexity index is 1430. The van der Waals surface area contributed by atoms with Crippen LogP contribution in [0.3, 0.4) is 0 Å². The van der Waals surface area contributed by atoms with E-state index in [4.69, 9.17) is 14.7 Å². The summed E-state index contributed by atoms with van der Waals surface area (Å²) in [7, 11) is 5.04. The van der Waals surface area contributed by atoms with Gasteiger partial charge in [-0.15, -0.1) is 5.10 Å². The summed E-state index contributed by atoms with van der Waals surface area (Å²) in [6.45, 7) is 0.863. The molecule has 0 radical (unpaired) electrons. The Morgan fingerprint density at radius 2 is 1.55 bits per heavy atom. The summed E-state index contributed by atoms with van der Waals surface area (Å²) in [5.74, 6) is 2.08. The zero-order valence-electron chi connectivity index (χ0n) is 21.0. The zero-order valence-corrected chi connectivity index (χ0v) is 21.0. The molecule has 4 aromatic rings. The fourth-order valence-corrected chi connectivity index (χ4v) is 3.84. The minimum atomic E-state index is -4.67. The number of anilines is 3. The summed E-state index contributed by atoms with van der Waals surface area (Å²) >= 11 is 0. The molecule has 38 heavy (non-hydrogen) atoms. The molecule has 11 heteroatoms. The number of halogens is 3. The summed E-state index contributed by atoms with van der Waals surface area (Å²) in [4.78, 5) is 6.46. The molecule has 0 aliphatic heterocycles. The first-order chi connectivity index (χ1) is 18.2. The molecule has 0 saturated carbocycles. The first-order valence-electron chi connectivity index (χ1n) is 11.5. The van der Waals surface area contributed by atoms with E-state index in [0.717, 1.165) is 29.0 Å². The maximum absolute atomic E-state index is 13.4. The molecule has 0 atom stereocenters. The van der Waals surface area contributed by atoms with Gasteiger partial charge in [-0.2, -0.15) is 23.4 Å². The second-order valence-corrected chi connectivity index (χ2v) is 8.44. The highest BCUT2D eigenvalue weighted by atomic mass is 19.4. The summed E-state index contributed by atoms with van der Waals surface area (Å²) in [6, 6.07) is 20.0. The molecule has 1 N–H and O–H groups in total. The highest BCUT2D eigenvalue weighted by molar-refractivity contribution is 5.59. The van der Waals surface area contributed by atoms with Crippen LogP contribution in [0.1, 0.15) is 22.3 Å². The van der Waals surface area contributed by atoms with Gasteiger partial charge in [-0.25, -0.2) is 4.68 Å². The van der Waals surface area contributed by atoms with Crippen LogP contribution in [0.2, 0.25) is 0 Å². The van der Waals surface area contributed by atoms with Gasteiger partial charge in [0.15, 0.2) is 0 Å². The van der Waals surface area contributed by atoms with Gasteiger partial charge in [-0.3, -0.25) is 0 Å². The van der Waals surface area contributed by atoms with Crippen molar-refractivity contribution >= 4 is 17.6 Å². The van der Waals surface area contributed by atoms with Crippen LogP contribution in [0, 0.1) is 11.3 Å². The topological polar surface area (TPSA) is 88.2 Å². The minimum absolute atomic E-state index is 0.113. The van der Waals surface area contributed by atoms with Gasteiger partial charge in [0.2, 0.25) is 11.9 Å². The fraction of sp³-hybridized carbons (Fsp3) is 0.222. The second kappa shape index (κ2) is 11.1. The quantitative estimate of drug-likeness (QED) is 0.306. The van der Waals surface area contributed by atoms with Gasteiger partial charge in [0, 0.05) is 19.3 Å². The van der Waals surface area contributed by atoms with E-state index in [9.17, 15) is 13.2 Å². The van der Waals surface area contributed by atoms with Crippen molar-refractivity contribution in [1.82, 2.24) is 14.8 Å². The largest absolute Gasteiger partial charge is 0.497 e. The summed E-state index contributed by atoms with van der Waals surface area (Å²) in [6.07, 6.45) is -4.67. The molecule has 0 bridgehead atoms. The van der Waals surface area contributed by atoms with Gasteiger partial charge in [0.05, 0.1) is 38.0 Å². The normalized spacial score (nSPS) is 11.1. The summed E-state index contributed by atoms with van der Waals surface area (Å²) < 4.78 is 52.4. The van der Waals surface area contributed by atoms with Crippen LogP contribution in [0.15, 0.2) is 66.7 Å².